The van der Waals surface area contributed by atoms with Gasteiger partial charge < -0.3 is 15.7 Å². The summed E-state index contributed by atoms with van der Waals surface area (Å²) in [7, 11) is -4.05. The van der Waals surface area contributed by atoms with Crippen LogP contribution in [0.25, 0.3) is 0 Å². The first kappa shape index (κ1) is 27.4. The van der Waals surface area contributed by atoms with E-state index in [0.29, 0.717) is 18.6 Å². The Morgan fingerprint density at radius 2 is 1.76 bits per heavy atom. The third kappa shape index (κ3) is 5.08. The molecule has 3 N–H and O–H groups in total. The number of rotatable bonds is 6. The third-order valence-corrected chi connectivity index (χ3v) is 10.2. The summed E-state index contributed by atoms with van der Waals surface area (Å²) >= 11 is 6.23. The van der Waals surface area contributed by atoms with Gasteiger partial charge in [-0.05, 0) is 55.2 Å². The van der Waals surface area contributed by atoms with Crippen molar-refractivity contribution in [2.24, 2.45) is 17.8 Å². The predicted molar refractivity (Wildman–Crippen MR) is 130 cm³/mol. The summed E-state index contributed by atoms with van der Waals surface area (Å²) in [6.45, 7) is 3.33. The van der Waals surface area contributed by atoms with Crippen LogP contribution in [0.4, 0.5) is 18.9 Å². The van der Waals surface area contributed by atoms with Crippen molar-refractivity contribution in [2.75, 3.05) is 11.9 Å². The number of benzene rings is 2. The van der Waals surface area contributed by atoms with E-state index in [4.69, 9.17) is 11.6 Å². The first-order valence-corrected chi connectivity index (χ1v) is 13.6. The minimum absolute atomic E-state index is 0.0352. The van der Waals surface area contributed by atoms with Gasteiger partial charge in [-0.25, -0.2) is 21.6 Å². The van der Waals surface area contributed by atoms with Gasteiger partial charge in [-0.2, -0.15) is 0 Å². The van der Waals surface area contributed by atoms with Gasteiger partial charge in [-0.1, -0.05) is 18.5 Å². The van der Waals surface area contributed by atoms with E-state index < -0.39 is 44.0 Å². The van der Waals surface area contributed by atoms with Crippen LogP contribution in [0.2, 0.25) is 5.02 Å². The van der Waals surface area contributed by atoms with E-state index in [0.717, 1.165) is 6.07 Å². The molecule has 0 radical (unpaired) electrons. The van der Waals surface area contributed by atoms with E-state index in [9.17, 15) is 36.3 Å². The van der Waals surface area contributed by atoms with Gasteiger partial charge in [0.15, 0.2) is 27.3 Å². The van der Waals surface area contributed by atoms with Gasteiger partial charge in [0.25, 0.3) is 5.91 Å². The second-order valence-electron chi connectivity index (χ2n) is 9.91. The fourth-order valence-corrected chi connectivity index (χ4v) is 8.09. The summed E-state index contributed by atoms with van der Waals surface area (Å²) in [5.41, 5.74) is -1.71. The summed E-state index contributed by atoms with van der Waals surface area (Å²) in [4.78, 5) is 23.8. The topological polar surface area (TPSA) is 113 Å². The van der Waals surface area contributed by atoms with Crippen LogP contribution in [0.15, 0.2) is 35.2 Å². The summed E-state index contributed by atoms with van der Waals surface area (Å²) in [6.07, 6.45) is 0.908. The van der Waals surface area contributed by atoms with Gasteiger partial charge in [0.2, 0.25) is 5.91 Å². The summed E-state index contributed by atoms with van der Waals surface area (Å²) in [5.74, 6) is -6.52. The highest BCUT2D eigenvalue weighted by atomic mass is 35.5. The largest absolute Gasteiger partial charge is 0.387 e. The first-order chi connectivity index (χ1) is 17.2. The minimum Gasteiger partial charge on any atom is -0.387 e. The summed E-state index contributed by atoms with van der Waals surface area (Å²) in [6, 6.07) is 4.79. The highest BCUT2D eigenvalue weighted by Gasteiger charge is 2.58. The van der Waals surface area contributed by atoms with Crippen LogP contribution < -0.4 is 10.6 Å². The minimum atomic E-state index is -4.05. The van der Waals surface area contributed by atoms with E-state index in [1.165, 1.54) is 19.1 Å². The molecule has 3 unspecified atom stereocenters. The second-order valence-corrected chi connectivity index (χ2v) is 12.5. The van der Waals surface area contributed by atoms with E-state index >= 15 is 0 Å². The maximum atomic E-state index is 13.7. The maximum Gasteiger partial charge on any atom is 0.255 e. The molecule has 0 aromatic heterocycles. The van der Waals surface area contributed by atoms with Crippen LogP contribution in [0.1, 0.15) is 43.5 Å². The van der Waals surface area contributed by atoms with Crippen LogP contribution in [0, 0.1) is 35.2 Å². The van der Waals surface area contributed by atoms with E-state index in [1.807, 2.05) is 6.92 Å². The Morgan fingerprint density at radius 1 is 1.11 bits per heavy atom. The van der Waals surface area contributed by atoms with E-state index in [2.05, 4.69) is 10.6 Å². The lowest BCUT2D eigenvalue weighted by atomic mass is 9.73. The number of nitrogens with one attached hydrogen (secondary N) is 2. The molecular formula is C25H26ClF3N2O5S. The number of hydrogen-bond donors (Lipinski definition) is 3. The fourth-order valence-electron chi connectivity index (χ4n) is 5.71. The van der Waals surface area contributed by atoms with E-state index in [-0.39, 0.29) is 64.2 Å². The smallest absolute Gasteiger partial charge is 0.255 e. The Morgan fingerprint density at radius 3 is 2.35 bits per heavy atom. The molecule has 0 aliphatic heterocycles. The molecule has 37 heavy (non-hydrogen) atoms. The number of carbonyl (C=O) groups is 2. The molecule has 2 aromatic carbocycles. The van der Waals surface area contributed by atoms with Crippen molar-refractivity contribution >= 4 is 38.9 Å². The van der Waals surface area contributed by atoms with Crippen molar-refractivity contribution in [3.8, 4) is 0 Å². The molecule has 12 heteroatoms. The third-order valence-electron chi connectivity index (χ3n) is 7.56. The number of amides is 2. The fraction of sp³-hybridized carbons (Fsp3) is 0.440. The molecular weight excluding hydrogens is 533 g/mol. The number of aliphatic hydroxyl groups is 1. The average molecular weight is 559 g/mol. The SMILES string of the molecule is CC(=O)NC[C@@]1(O)C2CC(S(=O)(=O)c3cc(C(=O)Nc4cc(F)c(F)c(F)c4)ccc3Cl)CC1[C@@H](C)C2. The monoisotopic (exact) mass is 558 g/mol. The molecule has 2 aliphatic carbocycles. The van der Waals surface area contributed by atoms with Crippen LogP contribution in [-0.4, -0.2) is 42.7 Å². The molecule has 4 rings (SSSR count). The molecule has 2 amide bonds. The van der Waals surface area contributed by atoms with Crippen molar-refractivity contribution in [1.82, 2.24) is 5.32 Å². The molecule has 2 fully saturated rings. The molecule has 0 heterocycles. The summed E-state index contributed by atoms with van der Waals surface area (Å²) in [5, 5.41) is 15.2. The number of fused-ring (bicyclic) bond motifs is 2. The quantitative estimate of drug-likeness (QED) is 0.462. The second kappa shape index (κ2) is 9.92. The summed E-state index contributed by atoms with van der Waals surface area (Å²) < 4.78 is 67.6. The van der Waals surface area contributed by atoms with E-state index in [1.54, 1.807) is 0 Å². The van der Waals surface area contributed by atoms with Crippen LogP contribution >= 0.6 is 11.6 Å². The van der Waals surface area contributed by atoms with Gasteiger partial charge in [-0.15, -0.1) is 0 Å². The highest BCUT2D eigenvalue weighted by Crippen LogP contribution is 2.54. The molecule has 2 bridgehead atoms. The van der Waals surface area contributed by atoms with Gasteiger partial charge in [0, 0.05) is 36.9 Å². The molecule has 0 saturated heterocycles. The number of hydrogen-bond acceptors (Lipinski definition) is 5. The molecule has 2 aromatic rings. The maximum absolute atomic E-state index is 13.7. The van der Waals surface area contributed by atoms with Gasteiger partial charge >= 0.3 is 0 Å². The Kier molecular flexibility index (Phi) is 7.35. The number of sulfone groups is 1. The Labute approximate surface area is 217 Å². The Bertz CT molecular complexity index is 1350. The zero-order valence-corrected chi connectivity index (χ0v) is 21.6. The van der Waals surface area contributed by atoms with Crippen LogP contribution in [-0.2, 0) is 14.6 Å². The number of halogens is 4. The van der Waals surface area contributed by atoms with Crippen molar-refractivity contribution in [3.63, 3.8) is 0 Å². The zero-order valence-electron chi connectivity index (χ0n) is 20.0. The first-order valence-electron chi connectivity index (χ1n) is 11.7. The molecule has 2 aliphatic rings. The Balaban J connectivity index is 1.59. The Hall–Kier alpha value is -2.63. The lowest BCUT2D eigenvalue weighted by Gasteiger charge is -2.43. The number of anilines is 1. The van der Waals surface area contributed by atoms with Crippen molar-refractivity contribution in [2.45, 2.75) is 48.9 Å². The van der Waals surface area contributed by atoms with Crippen molar-refractivity contribution in [3.05, 3.63) is 58.4 Å². The van der Waals surface area contributed by atoms with Crippen molar-refractivity contribution in [1.29, 1.82) is 0 Å². The van der Waals surface area contributed by atoms with Crippen LogP contribution in [0.3, 0.4) is 0 Å². The van der Waals surface area contributed by atoms with Gasteiger partial charge in [0.05, 0.1) is 20.8 Å². The molecule has 0 spiro atoms. The molecule has 2 saturated carbocycles. The lowest BCUT2D eigenvalue weighted by Crippen LogP contribution is -2.55. The van der Waals surface area contributed by atoms with Gasteiger partial charge in [0.1, 0.15) is 0 Å². The van der Waals surface area contributed by atoms with Crippen LogP contribution in [0.5, 0.6) is 0 Å². The number of carbonyl (C=O) groups excluding carboxylic acids is 2. The van der Waals surface area contributed by atoms with Crippen molar-refractivity contribution < 1.29 is 36.3 Å². The zero-order chi connectivity index (χ0) is 27.3. The molecule has 7 nitrogen and oxygen atoms in total. The average Bonchev–Trinajstić information content (AvgIpc) is 2.94. The predicted octanol–water partition coefficient (Wildman–Crippen LogP) is 4.09. The normalized spacial score (nSPS) is 27.1. The van der Waals surface area contributed by atoms with Gasteiger partial charge in [-0.3, -0.25) is 9.59 Å². The standard InChI is InChI=1S/C25H26ClF3N2O5S/c1-12-5-15-7-17(10-18(12)25(15,34)11-30-13(2)32)37(35,36)22-6-14(3-4-19(22)26)24(33)31-16-8-20(27)23(29)21(28)9-16/h3-4,6,8-9,12,15,17-18,34H,5,7,10-11H2,1-2H3,(H,30,32)(H,31,33)/t12-,15?,17?,18?,25+/m0/s1. The lowest BCUT2D eigenvalue weighted by molar-refractivity contribution is -0.122. The molecule has 5 atom stereocenters. The highest BCUT2D eigenvalue weighted by molar-refractivity contribution is 7.92. The molecule has 200 valence electrons.